The summed E-state index contributed by atoms with van der Waals surface area (Å²) in [4.78, 5) is 0. The molecular weight excluding hydrogens is 426 g/mol. The second-order valence-corrected chi connectivity index (χ2v) is 8.10. The van der Waals surface area contributed by atoms with Crippen molar-refractivity contribution in [2.75, 3.05) is 0 Å². The minimum Gasteiger partial charge on any atom is -0.538 e. The Morgan fingerprint density at radius 1 is 0.618 bits per heavy atom. The quantitative estimate of drug-likeness (QED) is 0.197. The van der Waals surface area contributed by atoms with Crippen molar-refractivity contribution in [3.63, 3.8) is 0 Å². The summed E-state index contributed by atoms with van der Waals surface area (Å²) < 4.78 is 9.91. The molecule has 0 aliphatic carbocycles. The number of benzene rings is 4. The van der Waals surface area contributed by atoms with E-state index in [1.54, 1.807) is 6.07 Å². The average molecular weight is 450 g/mol. The van der Waals surface area contributed by atoms with E-state index in [4.69, 9.17) is 4.65 Å². The zero-order valence-corrected chi connectivity index (χ0v) is 18.6. The molecule has 0 aliphatic heterocycles. The Balaban J connectivity index is 1.73. The van der Waals surface area contributed by atoms with Crippen LogP contribution in [0.15, 0.2) is 97.1 Å². The predicted molar refractivity (Wildman–Crippen MR) is 133 cm³/mol. The van der Waals surface area contributed by atoms with Gasteiger partial charge in [-0.2, -0.15) is 9.13 Å². The van der Waals surface area contributed by atoms with Crippen molar-refractivity contribution in [2.45, 2.75) is 13.1 Å². The minimum absolute atomic E-state index is 0.381. The van der Waals surface area contributed by atoms with Gasteiger partial charge in [-0.05, 0) is 17.6 Å². The van der Waals surface area contributed by atoms with Crippen LogP contribution in [0.25, 0.3) is 22.1 Å². The first-order valence-corrected chi connectivity index (χ1v) is 11.2. The third kappa shape index (κ3) is 4.15. The van der Waals surface area contributed by atoms with Crippen molar-refractivity contribution in [1.82, 2.24) is 0 Å². The van der Waals surface area contributed by atoms with E-state index in [-0.39, 0.29) is 7.69 Å². The highest BCUT2D eigenvalue weighted by atomic mass is 16.5. The van der Waals surface area contributed by atoms with Gasteiger partial charge in [-0.3, -0.25) is 0 Å². The molecule has 1 heterocycles. The van der Waals surface area contributed by atoms with Crippen LogP contribution in [-0.2, 0) is 13.1 Å². The molecule has 5 aromatic rings. The van der Waals surface area contributed by atoms with Gasteiger partial charge in [0.2, 0.25) is 0 Å². The zero-order valence-electron chi connectivity index (χ0n) is 18.6. The number of fused-ring (bicyclic) bond motifs is 2. The van der Waals surface area contributed by atoms with Gasteiger partial charge in [-0.15, -0.1) is 0 Å². The van der Waals surface area contributed by atoms with Gasteiger partial charge >= 0.3 is 14.8 Å². The van der Waals surface area contributed by atoms with Crippen LogP contribution in [0.3, 0.4) is 0 Å². The van der Waals surface area contributed by atoms with Crippen LogP contribution in [0, 0.1) is 0 Å². The smallest absolute Gasteiger partial charge is 0.504 e. The standard InChI is InChI=1S/C26H24B2N2O4/c31-27-34-26-16-8-2-10-20(26)18-30-24-14-6-4-12-22(24)29(23-13-5-7-15-25(23)30)17-19-9-1-3-11-21(19)28(32)33/h1-16,27,31-33H,17-18H2/q+2. The highest BCUT2D eigenvalue weighted by Gasteiger charge is 2.28. The normalized spacial score (nSPS) is 11.0. The summed E-state index contributed by atoms with van der Waals surface area (Å²) in [6, 6.07) is 31.5. The van der Waals surface area contributed by atoms with Crippen molar-refractivity contribution in [1.29, 1.82) is 0 Å². The van der Waals surface area contributed by atoms with Gasteiger partial charge in [0.05, 0.1) is 5.56 Å². The lowest BCUT2D eigenvalue weighted by Gasteiger charge is -2.11. The lowest BCUT2D eigenvalue weighted by Crippen LogP contribution is -2.47. The number of hydrogen-bond donors (Lipinski definition) is 3. The SMILES string of the molecule is OBOc1ccccc1C[n+]1c2ccccc2[n+](Cc2ccccc2B(O)O)c2ccccc21. The van der Waals surface area contributed by atoms with Crippen molar-refractivity contribution >= 4 is 42.3 Å². The van der Waals surface area contributed by atoms with Crippen molar-refractivity contribution in [3.8, 4) is 5.75 Å². The molecular formula is C26H24B2N2O4+2. The van der Waals surface area contributed by atoms with Crippen LogP contribution in [0.1, 0.15) is 11.1 Å². The molecule has 6 nitrogen and oxygen atoms in total. The minimum atomic E-state index is -1.54. The van der Waals surface area contributed by atoms with Crippen LogP contribution in [-0.4, -0.2) is 29.9 Å². The molecule has 0 saturated heterocycles. The Morgan fingerprint density at radius 3 is 1.59 bits per heavy atom. The monoisotopic (exact) mass is 450 g/mol. The molecule has 0 atom stereocenters. The number of nitrogens with zero attached hydrogens (tertiary/aromatic N) is 2. The zero-order chi connectivity index (χ0) is 23.5. The molecule has 8 heteroatoms. The van der Waals surface area contributed by atoms with Crippen molar-refractivity contribution in [3.05, 3.63) is 108 Å². The predicted octanol–water partition coefficient (Wildman–Crippen LogP) is 0.982. The number of rotatable bonds is 7. The summed E-state index contributed by atoms with van der Waals surface area (Å²) in [6.07, 6.45) is 0. The second-order valence-electron chi connectivity index (χ2n) is 8.10. The molecule has 0 saturated carbocycles. The Labute approximate surface area is 198 Å². The third-order valence-corrected chi connectivity index (χ3v) is 6.11. The van der Waals surface area contributed by atoms with E-state index in [9.17, 15) is 15.1 Å². The fourth-order valence-electron chi connectivity index (χ4n) is 4.56. The van der Waals surface area contributed by atoms with Gasteiger partial charge in [0.15, 0.2) is 13.1 Å². The van der Waals surface area contributed by atoms with Crippen molar-refractivity contribution < 1.29 is 28.9 Å². The lowest BCUT2D eigenvalue weighted by atomic mass is 9.77. The summed E-state index contributed by atoms with van der Waals surface area (Å²) in [7, 11) is -1.92. The van der Waals surface area contributed by atoms with E-state index in [0.717, 1.165) is 33.2 Å². The summed E-state index contributed by atoms with van der Waals surface area (Å²) >= 11 is 0. The van der Waals surface area contributed by atoms with E-state index in [1.165, 1.54) is 0 Å². The van der Waals surface area contributed by atoms with Gasteiger partial charge in [-0.1, -0.05) is 60.7 Å². The molecule has 0 bridgehead atoms. The molecule has 166 valence electrons. The number of aromatic nitrogens is 2. The van der Waals surface area contributed by atoms with Crippen LogP contribution in [0.2, 0.25) is 0 Å². The molecule has 4 aromatic carbocycles. The Morgan fingerprint density at radius 2 is 1.06 bits per heavy atom. The Hall–Kier alpha value is -3.71. The van der Waals surface area contributed by atoms with Crippen LogP contribution in [0.4, 0.5) is 0 Å². The largest absolute Gasteiger partial charge is 0.538 e. The first-order chi connectivity index (χ1) is 16.7. The van der Waals surface area contributed by atoms with Gasteiger partial charge in [0, 0.05) is 29.8 Å². The molecule has 5 rings (SSSR count). The molecule has 1 aromatic heterocycles. The summed E-state index contributed by atoms with van der Waals surface area (Å²) in [6.45, 7) is 1.05. The first kappa shape index (κ1) is 22.1. The fraction of sp³-hybridized carbons (Fsp3) is 0.0769. The van der Waals surface area contributed by atoms with E-state index in [1.807, 2.05) is 66.7 Å². The maximum Gasteiger partial charge on any atom is 0.504 e. The van der Waals surface area contributed by atoms with Crippen LogP contribution in [0.5, 0.6) is 5.75 Å². The molecule has 0 spiro atoms. The molecule has 0 aliphatic rings. The Kier molecular flexibility index (Phi) is 6.27. The lowest BCUT2D eigenvalue weighted by molar-refractivity contribution is -0.675. The maximum atomic E-state index is 9.90. The Bertz CT molecular complexity index is 1420. The van der Waals surface area contributed by atoms with Crippen LogP contribution < -0.4 is 19.3 Å². The molecule has 3 N–H and O–H groups in total. The van der Waals surface area contributed by atoms with E-state index >= 15 is 0 Å². The molecule has 0 amide bonds. The van der Waals surface area contributed by atoms with E-state index in [0.29, 0.717) is 24.3 Å². The fourth-order valence-corrected chi connectivity index (χ4v) is 4.56. The average Bonchev–Trinajstić information content (AvgIpc) is 2.87. The molecule has 34 heavy (non-hydrogen) atoms. The first-order valence-electron chi connectivity index (χ1n) is 11.2. The van der Waals surface area contributed by atoms with Gasteiger partial charge in [-0.25, -0.2) is 0 Å². The summed E-state index contributed by atoms with van der Waals surface area (Å²) in [5, 5.41) is 29.1. The molecule has 0 unspecified atom stereocenters. The van der Waals surface area contributed by atoms with Gasteiger partial charge < -0.3 is 19.7 Å². The number of para-hydroxylation sites is 5. The highest BCUT2D eigenvalue weighted by molar-refractivity contribution is 6.59. The summed E-state index contributed by atoms with van der Waals surface area (Å²) in [5.41, 5.74) is 6.40. The topological polar surface area (TPSA) is 77.7 Å². The molecule has 0 radical (unpaired) electrons. The summed E-state index contributed by atoms with van der Waals surface area (Å²) in [5.74, 6) is 0.647. The second kappa shape index (κ2) is 9.65. The number of hydrogen-bond acceptors (Lipinski definition) is 4. The van der Waals surface area contributed by atoms with Crippen molar-refractivity contribution in [2.24, 2.45) is 0 Å². The third-order valence-electron chi connectivity index (χ3n) is 6.11. The maximum absolute atomic E-state index is 9.90. The van der Waals surface area contributed by atoms with Gasteiger partial charge in [0.25, 0.3) is 22.1 Å². The van der Waals surface area contributed by atoms with Gasteiger partial charge in [0.1, 0.15) is 5.75 Å². The highest BCUT2D eigenvalue weighted by Crippen LogP contribution is 2.20. The van der Waals surface area contributed by atoms with Crippen LogP contribution >= 0.6 is 0 Å². The molecule has 0 fully saturated rings. The van der Waals surface area contributed by atoms with E-state index in [2.05, 4.69) is 33.4 Å². The van der Waals surface area contributed by atoms with E-state index < -0.39 is 7.12 Å².